The molecule has 0 heterocycles. The fraction of sp³-hybridized carbons (Fsp3) is 0.750. The van der Waals surface area contributed by atoms with Gasteiger partial charge in [0.15, 0.2) is 0 Å². The fourth-order valence-corrected chi connectivity index (χ4v) is 0.603. The lowest BCUT2D eigenvalue weighted by Crippen LogP contribution is -2.13. The number of aliphatic hydroxyl groups excluding tert-OH is 2. The maximum Gasteiger partial charge on any atom is 0.0807 e. The van der Waals surface area contributed by atoms with Crippen LogP contribution in [0.15, 0.2) is 12.2 Å². The van der Waals surface area contributed by atoms with Crippen molar-refractivity contribution in [2.75, 3.05) is 6.61 Å². The summed E-state index contributed by atoms with van der Waals surface area (Å²) >= 11 is 0. The van der Waals surface area contributed by atoms with Gasteiger partial charge in [-0.05, 0) is 12.3 Å². The molecule has 0 aromatic carbocycles. The first-order valence-corrected chi connectivity index (χ1v) is 3.54. The summed E-state index contributed by atoms with van der Waals surface area (Å²) in [5.41, 5.74) is 0.988. The highest BCUT2D eigenvalue weighted by molar-refractivity contribution is 4.98. The Morgan fingerprint density at radius 1 is 1.50 bits per heavy atom. The molecule has 0 aliphatic rings. The second kappa shape index (κ2) is 4.47. The molecule has 60 valence electrons. The molecule has 0 spiro atoms. The van der Waals surface area contributed by atoms with Gasteiger partial charge in [0, 0.05) is 0 Å². The van der Waals surface area contributed by atoms with Gasteiger partial charge < -0.3 is 10.2 Å². The molecule has 1 unspecified atom stereocenters. The van der Waals surface area contributed by atoms with Crippen LogP contribution in [-0.4, -0.2) is 22.9 Å². The minimum atomic E-state index is -0.630. The predicted octanol–water partition coefficient (Wildman–Crippen LogP) is 0.942. The monoisotopic (exact) mass is 144 g/mol. The van der Waals surface area contributed by atoms with Crippen LogP contribution < -0.4 is 0 Å². The van der Waals surface area contributed by atoms with E-state index in [1.165, 1.54) is 0 Å². The SMILES string of the molecule is C=C(CC(O)CO)C(C)C. The fourth-order valence-electron chi connectivity index (χ4n) is 0.603. The lowest BCUT2D eigenvalue weighted by molar-refractivity contribution is 0.0939. The second-order valence-corrected chi connectivity index (χ2v) is 2.85. The third-order valence-electron chi connectivity index (χ3n) is 1.53. The van der Waals surface area contributed by atoms with E-state index in [1.54, 1.807) is 0 Å². The summed E-state index contributed by atoms with van der Waals surface area (Å²) in [4.78, 5) is 0. The van der Waals surface area contributed by atoms with Gasteiger partial charge >= 0.3 is 0 Å². The van der Waals surface area contributed by atoms with Crippen molar-refractivity contribution in [3.63, 3.8) is 0 Å². The standard InChI is InChI=1S/C8H16O2/c1-6(2)7(3)4-8(10)5-9/h6,8-10H,3-5H2,1-2H3. The highest BCUT2D eigenvalue weighted by Gasteiger charge is 2.06. The first kappa shape index (κ1) is 9.66. The highest BCUT2D eigenvalue weighted by atomic mass is 16.3. The molecule has 2 N–H and O–H groups in total. The average molecular weight is 144 g/mol. The second-order valence-electron chi connectivity index (χ2n) is 2.85. The number of aliphatic hydroxyl groups is 2. The Hall–Kier alpha value is -0.340. The van der Waals surface area contributed by atoms with Crippen molar-refractivity contribution in [1.82, 2.24) is 0 Å². The smallest absolute Gasteiger partial charge is 0.0807 e. The molecule has 0 aromatic heterocycles. The number of hydrogen-bond acceptors (Lipinski definition) is 2. The van der Waals surface area contributed by atoms with Gasteiger partial charge in [-0.2, -0.15) is 0 Å². The van der Waals surface area contributed by atoms with E-state index in [-0.39, 0.29) is 6.61 Å². The van der Waals surface area contributed by atoms with Crippen LogP contribution in [0.5, 0.6) is 0 Å². The van der Waals surface area contributed by atoms with E-state index >= 15 is 0 Å². The minimum absolute atomic E-state index is 0.175. The Morgan fingerprint density at radius 3 is 2.30 bits per heavy atom. The maximum absolute atomic E-state index is 8.97. The minimum Gasteiger partial charge on any atom is -0.394 e. The van der Waals surface area contributed by atoms with Crippen molar-refractivity contribution in [1.29, 1.82) is 0 Å². The van der Waals surface area contributed by atoms with E-state index < -0.39 is 6.10 Å². The van der Waals surface area contributed by atoms with E-state index in [0.717, 1.165) is 5.57 Å². The summed E-state index contributed by atoms with van der Waals surface area (Å²) in [6.07, 6.45) is -0.122. The molecule has 0 fully saturated rings. The van der Waals surface area contributed by atoms with Crippen molar-refractivity contribution in [3.05, 3.63) is 12.2 Å². The normalized spacial score (nSPS) is 13.7. The van der Waals surface area contributed by atoms with Gasteiger partial charge in [0.25, 0.3) is 0 Å². The number of rotatable bonds is 4. The van der Waals surface area contributed by atoms with Gasteiger partial charge in [-0.25, -0.2) is 0 Å². The van der Waals surface area contributed by atoms with Crippen LogP contribution >= 0.6 is 0 Å². The quantitative estimate of drug-likeness (QED) is 0.576. The molecular weight excluding hydrogens is 128 g/mol. The molecule has 0 radical (unpaired) electrons. The molecule has 0 amide bonds. The van der Waals surface area contributed by atoms with Crippen LogP contribution in [0.1, 0.15) is 20.3 Å². The molecule has 2 nitrogen and oxygen atoms in total. The topological polar surface area (TPSA) is 40.5 Å². The molecular formula is C8H16O2. The van der Waals surface area contributed by atoms with Crippen molar-refractivity contribution >= 4 is 0 Å². The van der Waals surface area contributed by atoms with Gasteiger partial charge in [-0.3, -0.25) is 0 Å². The number of hydrogen-bond donors (Lipinski definition) is 2. The van der Waals surface area contributed by atoms with Gasteiger partial charge in [0.05, 0.1) is 12.7 Å². The zero-order chi connectivity index (χ0) is 8.15. The summed E-state index contributed by atoms with van der Waals surface area (Å²) in [5, 5.41) is 17.4. The van der Waals surface area contributed by atoms with Crippen LogP contribution in [0.4, 0.5) is 0 Å². The molecule has 0 aliphatic heterocycles. The first-order chi connectivity index (χ1) is 4.57. The molecule has 1 atom stereocenters. The summed E-state index contributed by atoms with van der Waals surface area (Å²) in [6, 6.07) is 0. The van der Waals surface area contributed by atoms with E-state index in [0.29, 0.717) is 12.3 Å². The van der Waals surface area contributed by atoms with Gasteiger partial charge in [0.2, 0.25) is 0 Å². The van der Waals surface area contributed by atoms with Crippen LogP contribution in [-0.2, 0) is 0 Å². The van der Waals surface area contributed by atoms with E-state index in [4.69, 9.17) is 10.2 Å². The van der Waals surface area contributed by atoms with E-state index in [1.807, 2.05) is 13.8 Å². The summed E-state index contributed by atoms with van der Waals surface area (Å²) in [6.45, 7) is 7.64. The Balaban J connectivity index is 3.57. The Labute approximate surface area is 62.2 Å². The Kier molecular flexibility index (Phi) is 4.32. The predicted molar refractivity (Wildman–Crippen MR) is 41.7 cm³/mol. The van der Waals surface area contributed by atoms with Crippen LogP contribution in [0.25, 0.3) is 0 Å². The van der Waals surface area contributed by atoms with Crippen molar-refractivity contribution in [3.8, 4) is 0 Å². The van der Waals surface area contributed by atoms with Crippen molar-refractivity contribution < 1.29 is 10.2 Å². The Morgan fingerprint density at radius 2 is 2.00 bits per heavy atom. The van der Waals surface area contributed by atoms with E-state index in [2.05, 4.69) is 6.58 Å². The maximum atomic E-state index is 8.97. The van der Waals surface area contributed by atoms with Crippen molar-refractivity contribution in [2.45, 2.75) is 26.4 Å². The zero-order valence-corrected chi connectivity index (χ0v) is 6.67. The highest BCUT2D eigenvalue weighted by Crippen LogP contribution is 2.12. The van der Waals surface area contributed by atoms with Crippen LogP contribution in [0, 0.1) is 5.92 Å². The summed E-state index contributed by atoms with van der Waals surface area (Å²) < 4.78 is 0. The lowest BCUT2D eigenvalue weighted by Gasteiger charge is -2.12. The molecule has 0 aromatic rings. The van der Waals surface area contributed by atoms with Crippen molar-refractivity contribution in [2.24, 2.45) is 5.92 Å². The molecule has 0 saturated heterocycles. The van der Waals surface area contributed by atoms with Gasteiger partial charge in [-0.1, -0.05) is 26.0 Å². The third kappa shape index (κ3) is 3.64. The van der Waals surface area contributed by atoms with Gasteiger partial charge in [0.1, 0.15) is 0 Å². The van der Waals surface area contributed by atoms with Crippen LogP contribution in [0.2, 0.25) is 0 Å². The first-order valence-electron chi connectivity index (χ1n) is 3.54. The largest absolute Gasteiger partial charge is 0.394 e. The van der Waals surface area contributed by atoms with Crippen LogP contribution in [0.3, 0.4) is 0 Å². The molecule has 0 bridgehead atoms. The zero-order valence-electron chi connectivity index (χ0n) is 6.67. The third-order valence-corrected chi connectivity index (χ3v) is 1.53. The summed E-state index contributed by atoms with van der Waals surface area (Å²) in [5.74, 6) is 0.390. The lowest BCUT2D eigenvalue weighted by atomic mass is 9.99. The molecule has 10 heavy (non-hydrogen) atoms. The van der Waals surface area contributed by atoms with E-state index in [9.17, 15) is 0 Å². The molecule has 2 heteroatoms. The average Bonchev–Trinajstić information content (AvgIpc) is 1.87. The Bertz CT molecular complexity index is 108. The molecule has 0 rings (SSSR count). The molecule has 0 aliphatic carbocycles. The summed E-state index contributed by atoms with van der Waals surface area (Å²) in [7, 11) is 0. The molecule has 0 saturated carbocycles. The van der Waals surface area contributed by atoms with Gasteiger partial charge in [-0.15, -0.1) is 0 Å².